The Hall–Kier alpha value is -1.18. The van der Waals surface area contributed by atoms with Crippen LogP contribution in [0.3, 0.4) is 0 Å². The van der Waals surface area contributed by atoms with Gasteiger partial charge in [-0.2, -0.15) is 8.42 Å². The summed E-state index contributed by atoms with van der Waals surface area (Å²) in [6.45, 7) is 0. The van der Waals surface area contributed by atoms with Crippen LogP contribution < -0.4 is 15.2 Å². The molecule has 0 aliphatic heterocycles. The number of benzene rings is 1. The molecule has 0 unspecified atom stereocenters. The number of hydrogen-bond donors (Lipinski definition) is 3. The second-order valence-corrected chi connectivity index (χ2v) is 4.81. The molecule has 4 N–H and O–H groups in total. The van der Waals surface area contributed by atoms with Crippen LogP contribution in [0.25, 0.3) is 0 Å². The predicted molar refractivity (Wildman–Crippen MR) is 63.9 cm³/mol. The molecule has 0 radical (unpaired) electrons. The third-order valence-electron chi connectivity index (χ3n) is 1.67. The highest BCUT2D eigenvalue weighted by Crippen LogP contribution is 2.11. The summed E-state index contributed by atoms with van der Waals surface area (Å²) in [5.74, 6) is 0. The van der Waals surface area contributed by atoms with E-state index < -0.39 is 10.2 Å². The fourth-order valence-corrected chi connectivity index (χ4v) is 1.61. The first-order valence-corrected chi connectivity index (χ1v) is 5.95. The SMILES string of the molecule is CNS(=O)(=O)Nc1cccc(C(N)=S)c1. The lowest BCUT2D eigenvalue weighted by Crippen LogP contribution is -2.26. The minimum atomic E-state index is -3.50. The van der Waals surface area contributed by atoms with Gasteiger partial charge in [-0.1, -0.05) is 24.4 Å². The molecule has 0 heterocycles. The zero-order valence-electron chi connectivity index (χ0n) is 8.02. The van der Waals surface area contributed by atoms with Gasteiger partial charge in [0.1, 0.15) is 4.99 Å². The third kappa shape index (κ3) is 3.46. The van der Waals surface area contributed by atoms with E-state index in [4.69, 9.17) is 18.0 Å². The molecule has 15 heavy (non-hydrogen) atoms. The topological polar surface area (TPSA) is 84.2 Å². The summed E-state index contributed by atoms with van der Waals surface area (Å²) >= 11 is 4.78. The minimum Gasteiger partial charge on any atom is -0.389 e. The van der Waals surface area contributed by atoms with Gasteiger partial charge in [-0.05, 0) is 12.1 Å². The minimum absolute atomic E-state index is 0.223. The quantitative estimate of drug-likeness (QED) is 0.661. The lowest BCUT2D eigenvalue weighted by Gasteiger charge is -2.07. The molecule has 5 nitrogen and oxygen atoms in total. The fourth-order valence-electron chi connectivity index (χ4n) is 0.942. The zero-order valence-corrected chi connectivity index (χ0v) is 9.65. The van der Waals surface area contributed by atoms with Gasteiger partial charge in [-0.15, -0.1) is 0 Å². The second-order valence-electron chi connectivity index (χ2n) is 2.75. The molecule has 1 aromatic rings. The number of hydrogen-bond acceptors (Lipinski definition) is 3. The third-order valence-corrected chi connectivity index (χ3v) is 2.95. The first-order valence-electron chi connectivity index (χ1n) is 4.06. The smallest absolute Gasteiger partial charge is 0.298 e. The van der Waals surface area contributed by atoms with Crippen molar-refractivity contribution < 1.29 is 8.42 Å². The molecule has 0 amide bonds. The highest BCUT2D eigenvalue weighted by atomic mass is 32.2. The predicted octanol–water partition coefficient (Wildman–Crippen LogP) is 0.197. The van der Waals surface area contributed by atoms with Crippen LogP contribution in [0.5, 0.6) is 0 Å². The Morgan fingerprint density at radius 1 is 1.47 bits per heavy atom. The van der Waals surface area contributed by atoms with E-state index in [1.807, 2.05) is 0 Å². The highest BCUT2D eigenvalue weighted by molar-refractivity contribution is 7.90. The summed E-state index contributed by atoms with van der Waals surface area (Å²) in [4.78, 5) is 0.223. The van der Waals surface area contributed by atoms with E-state index in [2.05, 4.69) is 9.44 Å². The first kappa shape index (κ1) is 11.9. The Morgan fingerprint density at radius 3 is 2.67 bits per heavy atom. The molecule has 0 aliphatic rings. The van der Waals surface area contributed by atoms with Crippen LogP contribution >= 0.6 is 12.2 Å². The summed E-state index contributed by atoms with van der Waals surface area (Å²) in [6.07, 6.45) is 0. The van der Waals surface area contributed by atoms with Crippen LogP contribution in [0.2, 0.25) is 0 Å². The molecule has 0 fully saturated rings. The highest BCUT2D eigenvalue weighted by Gasteiger charge is 2.06. The summed E-state index contributed by atoms with van der Waals surface area (Å²) < 4.78 is 26.8. The van der Waals surface area contributed by atoms with Gasteiger partial charge < -0.3 is 5.73 Å². The van der Waals surface area contributed by atoms with Crippen LogP contribution in [0, 0.1) is 0 Å². The van der Waals surface area contributed by atoms with E-state index >= 15 is 0 Å². The van der Waals surface area contributed by atoms with Crippen molar-refractivity contribution in [2.24, 2.45) is 5.73 Å². The normalized spacial score (nSPS) is 11.0. The molecular weight excluding hydrogens is 234 g/mol. The van der Waals surface area contributed by atoms with Gasteiger partial charge in [0.25, 0.3) is 10.2 Å². The van der Waals surface area contributed by atoms with E-state index in [0.717, 1.165) is 0 Å². The Morgan fingerprint density at radius 2 is 2.13 bits per heavy atom. The van der Waals surface area contributed by atoms with Gasteiger partial charge in [0.2, 0.25) is 0 Å². The molecule has 0 bridgehead atoms. The van der Waals surface area contributed by atoms with Crippen LogP contribution in [0.1, 0.15) is 5.56 Å². The van der Waals surface area contributed by atoms with E-state index in [-0.39, 0.29) is 4.99 Å². The lowest BCUT2D eigenvalue weighted by molar-refractivity contribution is 0.593. The first-order chi connectivity index (χ1) is 6.94. The van der Waals surface area contributed by atoms with Gasteiger partial charge in [0.15, 0.2) is 0 Å². The monoisotopic (exact) mass is 245 g/mol. The molecule has 1 aromatic carbocycles. The second kappa shape index (κ2) is 4.56. The Kier molecular flexibility index (Phi) is 3.61. The lowest BCUT2D eigenvalue weighted by atomic mass is 10.2. The van der Waals surface area contributed by atoms with Gasteiger partial charge >= 0.3 is 0 Å². The maximum Gasteiger partial charge on any atom is 0.298 e. The number of anilines is 1. The molecule has 1 rings (SSSR count). The molecule has 7 heteroatoms. The van der Waals surface area contributed by atoms with E-state index in [0.29, 0.717) is 11.3 Å². The maximum atomic E-state index is 11.2. The average molecular weight is 245 g/mol. The molecular formula is C8H11N3O2S2. The van der Waals surface area contributed by atoms with Crippen LogP contribution in [0.4, 0.5) is 5.69 Å². The van der Waals surface area contributed by atoms with Crippen molar-refractivity contribution in [1.82, 2.24) is 4.72 Å². The number of thiocarbonyl (C=S) groups is 1. The van der Waals surface area contributed by atoms with E-state index in [1.54, 1.807) is 24.3 Å². The van der Waals surface area contributed by atoms with Crippen LogP contribution in [-0.4, -0.2) is 20.5 Å². The molecule has 0 aliphatic carbocycles. The zero-order chi connectivity index (χ0) is 11.5. The Bertz CT molecular complexity index is 471. The van der Waals surface area contributed by atoms with E-state index in [1.165, 1.54) is 7.05 Å². The van der Waals surface area contributed by atoms with Crippen molar-refractivity contribution in [3.63, 3.8) is 0 Å². The average Bonchev–Trinajstić information content (AvgIpc) is 2.17. The molecule has 0 atom stereocenters. The fraction of sp³-hybridized carbons (Fsp3) is 0.125. The van der Waals surface area contributed by atoms with Gasteiger partial charge in [-0.25, -0.2) is 4.72 Å². The Balaban J connectivity index is 2.97. The van der Waals surface area contributed by atoms with Crippen molar-refractivity contribution in [2.45, 2.75) is 0 Å². The van der Waals surface area contributed by atoms with E-state index in [9.17, 15) is 8.42 Å². The summed E-state index contributed by atoms with van der Waals surface area (Å²) in [5, 5.41) is 0. The Labute approximate surface area is 93.9 Å². The summed E-state index contributed by atoms with van der Waals surface area (Å²) in [6, 6.07) is 6.55. The van der Waals surface area contributed by atoms with Gasteiger partial charge in [0, 0.05) is 12.6 Å². The standard InChI is InChI=1S/C8H11N3O2S2/c1-10-15(12,13)11-7-4-2-3-6(5-7)8(9)14/h2-5,10-11H,1H3,(H2,9,14). The number of nitrogens with two attached hydrogens (primary N) is 1. The number of nitrogens with one attached hydrogen (secondary N) is 2. The maximum absolute atomic E-state index is 11.2. The molecule has 0 spiro atoms. The summed E-state index contributed by atoms with van der Waals surface area (Å²) in [5.41, 5.74) is 6.44. The van der Waals surface area contributed by atoms with Gasteiger partial charge in [-0.3, -0.25) is 4.72 Å². The van der Waals surface area contributed by atoms with Crippen LogP contribution in [-0.2, 0) is 10.2 Å². The van der Waals surface area contributed by atoms with Crippen molar-refractivity contribution in [3.8, 4) is 0 Å². The molecule has 0 saturated heterocycles. The van der Waals surface area contributed by atoms with Crippen LogP contribution in [0.15, 0.2) is 24.3 Å². The van der Waals surface area contributed by atoms with Gasteiger partial charge in [0.05, 0.1) is 5.69 Å². The largest absolute Gasteiger partial charge is 0.389 e. The number of rotatable bonds is 4. The molecule has 82 valence electrons. The van der Waals surface area contributed by atoms with Crippen molar-refractivity contribution in [1.29, 1.82) is 0 Å². The van der Waals surface area contributed by atoms with Crippen molar-refractivity contribution in [3.05, 3.63) is 29.8 Å². The van der Waals surface area contributed by atoms with Crippen molar-refractivity contribution in [2.75, 3.05) is 11.8 Å². The summed E-state index contributed by atoms with van der Waals surface area (Å²) in [7, 11) is -2.18. The molecule has 0 aromatic heterocycles. The molecule has 0 saturated carbocycles. The van der Waals surface area contributed by atoms with Crippen molar-refractivity contribution >= 4 is 33.1 Å².